The van der Waals surface area contributed by atoms with E-state index in [2.05, 4.69) is 20.8 Å². The smallest absolute Gasteiger partial charge is 0.312 e. The number of urea groups is 1. The number of amides is 2. The summed E-state index contributed by atoms with van der Waals surface area (Å²) in [5.41, 5.74) is 10.2. The van der Waals surface area contributed by atoms with Gasteiger partial charge >= 0.3 is 6.03 Å². The lowest BCUT2D eigenvalue weighted by Gasteiger charge is -2.04. The topological polar surface area (TPSA) is 119 Å². The lowest BCUT2D eigenvalue weighted by atomic mass is 10.5. The molecule has 1 heterocycles. The SMILES string of the molecule is NC(=O)NCCNc1ccc(N)nn1. The molecule has 76 valence electrons. The molecule has 7 nitrogen and oxygen atoms in total. The Bertz CT molecular complexity index is 298. The molecular formula is C7H12N6O. The molecule has 0 aromatic carbocycles. The molecule has 0 aliphatic heterocycles. The Morgan fingerprint density at radius 2 is 2.14 bits per heavy atom. The molecule has 0 atom stereocenters. The first-order valence-electron chi connectivity index (χ1n) is 4.05. The first-order chi connectivity index (χ1) is 6.68. The van der Waals surface area contributed by atoms with E-state index in [9.17, 15) is 4.79 Å². The fourth-order valence-corrected chi connectivity index (χ4v) is 0.813. The molecule has 1 aromatic rings. The van der Waals surface area contributed by atoms with Gasteiger partial charge in [-0.05, 0) is 12.1 Å². The first kappa shape index (κ1) is 10.0. The van der Waals surface area contributed by atoms with Gasteiger partial charge in [-0.25, -0.2) is 4.79 Å². The number of nitrogens with one attached hydrogen (secondary N) is 2. The summed E-state index contributed by atoms with van der Waals surface area (Å²) in [5, 5.41) is 12.8. The van der Waals surface area contributed by atoms with Gasteiger partial charge in [0, 0.05) is 13.1 Å². The van der Waals surface area contributed by atoms with E-state index < -0.39 is 6.03 Å². The van der Waals surface area contributed by atoms with Crippen LogP contribution in [0.15, 0.2) is 12.1 Å². The molecule has 0 saturated carbocycles. The molecule has 0 fully saturated rings. The van der Waals surface area contributed by atoms with Gasteiger partial charge in [0.25, 0.3) is 0 Å². The number of carbonyl (C=O) groups excluding carboxylic acids is 1. The number of aromatic nitrogens is 2. The quantitative estimate of drug-likeness (QED) is 0.467. The van der Waals surface area contributed by atoms with Gasteiger partial charge in [-0.1, -0.05) is 0 Å². The Morgan fingerprint density at radius 3 is 2.71 bits per heavy atom. The number of primary amides is 1. The molecule has 0 spiro atoms. The van der Waals surface area contributed by atoms with Gasteiger partial charge in [-0.15, -0.1) is 10.2 Å². The molecule has 0 radical (unpaired) electrons. The third-order valence-electron chi connectivity index (χ3n) is 1.42. The van der Waals surface area contributed by atoms with Crippen molar-refractivity contribution in [2.24, 2.45) is 5.73 Å². The second kappa shape index (κ2) is 4.85. The zero-order chi connectivity index (χ0) is 10.4. The fourth-order valence-electron chi connectivity index (χ4n) is 0.813. The average Bonchev–Trinajstić information content (AvgIpc) is 2.15. The van der Waals surface area contributed by atoms with Gasteiger partial charge in [0.15, 0.2) is 0 Å². The van der Waals surface area contributed by atoms with Gasteiger partial charge in [0.2, 0.25) is 0 Å². The lowest BCUT2D eigenvalue weighted by Crippen LogP contribution is -2.33. The van der Waals surface area contributed by atoms with Crippen molar-refractivity contribution in [1.29, 1.82) is 0 Å². The number of hydrogen-bond acceptors (Lipinski definition) is 5. The van der Waals surface area contributed by atoms with Crippen molar-refractivity contribution in [1.82, 2.24) is 15.5 Å². The van der Waals surface area contributed by atoms with Crippen LogP contribution in [-0.2, 0) is 0 Å². The van der Waals surface area contributed by atoms with E-state index in [-0.39, 0.29) is 0 Å². The van der Waals surface area contributed by atoms with Crippen molar-refractivity contribution in [3.05, 3.63) is 12.1 Å². The molecule has 14 heavy (non-hydrogen) atoms. The van der Waals surface area contributed by atoms with E-state index >= 15 is 0 Å². The second-order valence-corrected chi connectivity index (χ2v) is 2.56. The van der Waals surface area contributed by atoms with Gasteiger partial charge < -0.3 is 22.1 Å². The fraction of sp³-hybridized carbons (Fsp3) is 0.286. The summed E-state index contributed by atoms with van der Waals surface area (Å²) in [5.74, 6) is 0.969. The first-order valence-corrected chi connectivity index (χ1v) is 4.05. The highest BCUT2D eigenvalue weighted by Gasteiger charge is 1.94. The van der Waals surface area contributed by atoms with Gasteiger partial charge in [-0.2, -0.15) is 0 Å². The number of rotatable bonds is 4. The number of carbonyl (C=O) groups is 1. The van der Waals surface area contributed by atoms with Crippen LogP contribution in [-0.4, -0.2) is 29.3 Å². The summed E-state index contributed by atoms with van der Waals surface area (Å²) in [7, 11) is 0. The third kappa shape index (κ3) is 3.57. The van der Waals surface area contributed by atoms with Crippen molar-refractivity contribution < 1.29 is 4.79 Å². The van der Waals surface area contributed by atoms with Gasteiger partial charge in [0.05, 0.1) is 0 Å². The predicted octanol–water partition coefficient (Wildman–Crippen LogP) is -0.861. The van der Waals surface area contributed by atoms with Crippen LogP contribution in [0.5, 0.6) is 0 Å². The lowest BCUT2D eigenvalue weighted by molar-refractivity contribution is 0.249. The highest BCUT2D eigenvalue weighted by Crippen LogP contribution is 2.00. The van der Waals surface area contributed by atoms with E-state index in [0.29, 0.717) is 24.7 Å². The molecule has 1 rings (SSSR count). The number of nitrogens with zero attached hydrogens (tertiary/aromatic N) is 2. The zero-order valence-electron chi connectivity index (χ0n) is 7.53. The van der Waals surface area contributed by atoms with Crippen molar-refractivity contribution in [3.63, 3.8) is 0 Å². The summed E-state index contributed by atoms with van der Waals surface area (Å²) in [6.45, 7) is 0.961. The van der Waals surface area contributed by atoms with Gasteiger partial charge in [-0.3, -0.25) is 0 Å². The predicted molar refractivity (Wildman–Crippen MR) is 52.5 cm³/mol. The van der Waals surface area contributed by atoms with Crippen LogP contribution in [0.3, 0.4) is 0 Å². The third-order valence-corrected chi connectivity index (χ3v) is 1.42. The molecule has 0 saturated heterocycles. The molecule has 0 aliphatic carbocycles. The standard InChI is InChI=1S/C7H12N6O/c8-5-1-2-6(13-12-5)10-3-4-11-7(9)14/h1-2H,3-4H2,(H2,8,12)(H,10,13)(H3,9,11,14). The Balaban J connectivity index is 2.25. The summed E-state index contributed by atoms with van der Waals surface area (Å²) in [6.07, 6.45) is 0. The molecule has 0 bridgehead atoms. The highest BCUT2D eigenvalue weighted by atomic mass is 16.2. The van der Waals surface area contributed by atoms with E-state index in [4.69, 9.17) is 11.5 Å². The molecule has 0 aliphatic rings. The molecule has 7 heteroatoms. The number of nitrogens with two attached hydrogens (primary N) is 2. The Labute approximate surface area is 80.9 Å². The highest BCUT2D eigenvalue weighted by molar-refractivity contribution is 5.71. The molecular weight excluding hydrogens is 184 g/mol. The maximum absolute atomic E-state index is 10.3. The Kier molecular flexibility index (Phi) is 3.48. The summed E-state index contributed by atoms with van der Waals surface area (Å²) < 4.78 is 0. The molecule has 6 N–H and O–H groups in total. The van der Waals surface area contributed by atoms with Crippen molar-refractivity contribution >= 4 is 17.7 Å². The second-order valence-electron chi connectivity index (χ2n) is 2.56. The number of hydrogen-bond donors (Lipinski definition) is 4. The van der Waals surface area contributed by atoms with E-state index in [1.807, 2.05) is 0 Å². The van der Waals surface area contributed by atoms with E-state index in [0.717, 1.165) is 0 Å². The van der Waals surface area contributed by atoms with Crippen LogP contribution in [0.25, 0.3) is 0 Å². The molecule has 1 aromatic heterocycles. The number of nitrogen functional groups attached to an aromatic ring is 1. The largest absolute Gasteiger partial charge is 0.382 e. The Morgan fingerprint density at radius 1 is 1.36 bits per heavy atom. The van der Waals surface area contributed by atoms with Crippen molar-refractivity contribution in [3.8, 4) is 0 Å². The van der Waals surface area contributed by atoms with Crippen molar-refractivity contribution in [2.45, 2.75) is 0 Å². The molecule has 2 amide bonds. The minimum Gasteiger partial charge on any atom is -0.382 e. The van der Waals surface area contributed by atoms with E-state index in [1.165, 1.54) is 0 Å². The van der Waals surface area contributed by atoms with Crippen molar-refractivity contribution in [2.75, 3.05) is 24.1 Å². The van der Waals surface area contributed by atoms with Crippen LogP contribution >= 0.6 is 0 Å². The number of anilines is 2. The monoisotopic (exact) mass is 196 g/mol. The van der Waals surface area contributed by atoms with Crippen LogP contribution in [0.2, 0.25) is 0 Å². The van der Waals surface area contributed by atoms with Crippen LogP contribution in [0, 0.1) is 0 Å². The van der Waals surface area contributed by atoms with E-state index in [1.54, 1.807) is 12.1 Å². The van der Waals surface area contributed by atoms with Gasteiger partial charge in [0.1, 0.15) is 11.6 Å². The Hall–Kier alpha value is -2.05. The van der Waals surface area contributed by atoms with Crippen LogP contribution in [0.4, 0.5) is 16.4 Å². The zero-order valence-corrected chi connectivity index (χ0v) is 7.53. The normalized spacial score (nSPS) is 9.43. The minimum atomic E-state index is -0.546. The molecule has 0 unspecified atom stereocenters. The van der Waals surface area contributed by atoms with Crippen LogP contribution < -0.4 is 22.1 Å². The summed E-state index contributed by atoms with van der Waals surface area (Å²) in [6, 6.07) is 2.79. The summed E-state index contributed by atoms with van der Waals surface area (Å²) >= 11 is 0. The van der Waals surface area contributed by atoms with Crippen LogP contribution in [0.1, 0.15) is 0 Å². The maximum Gasteiger partial charge on any atom is 0.312 e. The minimum absolute atomic E-state index is 0.366. The summed E-state index contributed by atoms with van der Waals surface area (Å²) in [4.78, 5) is 10.3. The maximum atomic E-state index is 10.3. The average molecular weight is 196 g/mol.